The number of alkyl halides is 3. The molecule has 0 unspecified atom stereocenters. The quantitative estimate of drug-likeness (QED) is 0.435. The predicted octanol–water partition coefficient (Wildman–Crippen LogP) is 6.42. The van der Waals surface area contributed by atoms with E-state index >= 15 is 0 Å². The third kappa shape index (κ3) is 5.58. The Morgan fingerprint density at radius 2 is 1.58 bits per heavy atom. The van der Waals surface area contributed by atoms with E-state index in [1.165, 1.54) is 31.3 Å². The molecule has 11 heteroatoms. The predicted molar refractivity (Wildman–Crippen MR) is 111 cm³/mol. The minimum atomic E-state index is -4.55. The summed E-state index contributed by atoms with van der Waals surface area (Å²) in [5.74, 6) is -3.29. The van der Waals surface area contributed by atoms with Crippen molar-refractivity contribution in [3.05, 3.63) is 88.4 Å². The van der Waals surface area contributed by atoms with Crippen LogP contribution in [0.4, 0.5) is 32.4 Å². The third-order valence-corrected chi connectivity index (χ3v) is 4.72. The zero-order valence-corrected chi connectivity index (χ0v) is 17.5. The molecule has 172 valence electrons. The molecule has 0 radical (unpaired) electrons. The third-order valence-electron chi connectivity index (χ3n) is 4.43. The number of carbonyl (C=O) groups is 2. The standard InChI is InChI=1S/C22H14ClF5N2O3/c1-30(21(32)29-20(31)19-16(24)3-2-4-17(19)25)13-6-8-14(9-7-13)33-18-10-5-12(11-15(18)23)22(26,27)28/h2-11H,1H3,(H,29,31,32). The molecular weight excluding hydrogens is 471 g/mol. The van der Waals surface area contributed by atoms with Crippen molar-refractivity contribution in [2.24, 2.45) is 0 Å². The van der Waals surface area contributed by atoms with E-state index in [1.807, 2.05) is 5.32 Å². The second kappa shape index (κ2) is 9.45. The van der Waals surface area contributed by atoms with Crippen LogP contribution in [0, 0.1) is 11.6 Å². The van der Waals surface area contributed by atoms with Gasteiger partial charge in [-0.25, -0.2) is 13.6 Å². The second-order valence-corrected chi connectivity index (χ2v) is 7.06. The Morgan fingerprint density at radius 1 is 0.970 bits per heavy atom. The number of nitrogens with zero attached hydrogens (tertiary/aromatic N) is 1. The van der Waals surface area contributed by atoms with Gasteiger partial charge in [-0.1, -0.05) is 17.7 Å². The zero-order valence-electron chi connectivity index (χ0n) is 16.7. The summed E-state index contributed by atoms with van der Waals surface area (Å²) in [5.41, 5.74) is -1.54. The van der Waals surface area contributed by atoms with Gasteiger partial charge in [0.15, 0.2) is 0 Å². The van der Waals surface area contributed by atoms with Crippen molar-refractivity contribution in [1.82, 2.24) is 5.32 Å². The Bertz CT molecular complexity index is 1180. The Hall–Kier alpha value is -3.66. The van der Waals surface area contributed by atoms with Crippen LogP contribution >= 0.6 is 11.6 Å². The summed E-state index contributed by atoms with van der Waals surface area (Å²) in [6.45, 7) is 0. The first-order valence-electron chi connectivity index (χ1n) is 9.15. The van der Waals surface area contributed by atoms with Gasteiger partial charge in [-0.3, -0.25) is 15.0 Å². The number of anilines is 1. The molecule has 0 aliphatic rings. The summed E-state index contributed by atoms with van der Waals surface area (Å²) in [6.07, 6.45) is -4.55. The van der Waals surface area contributed by atoms with Crippen LogP contribution in [-0.2, 0) is 6.18 Å². The van der Waals surface area contributed by atoms with E-state index < -0.39 is 40.9 Å². The fourth-order valence-electron chi connectivity index (χ4n) is 2.70. The molecule has 3 amide bonds. The first-order valence-corrected chi connectivity index (χ1v) is 9.53. The number of halogens is 6. The number of rotatable bonds is 4. The molecule has 33 heavy (non-hydrogen) atoms. The number of amides is 3. The van der Waals surface area contributed by atoms with Gasteiger partial charge in [-0.2, -0.15) is 13.2 Å². The van der Waals surface area contributed by atoms with Gasteiger partial charge in [0.2, 0.25) is 0 Å². The summed E-state index contributed by atoms with van der Waals surface area (Å²) in [7, 11) is 1.31. The lowest BCUT2D eigenvalue weighted by atomic mass is 10.2. The number of nitrogens with one attached hydrogen (secondary N) is 1. The van der Waals surface area contributed by atoms with Crippen LogP contribution in [0.2, 0.25) is 5.02 Å². The molecule has 3 rings (SSSR count). The maximum atomic E-state index is 13.7. The molecule has 0 fully saturated rings. The van der Waals surface area contributed by atoms with Crippen molar-refractivity contribution in [3.8, 4) is 11.5 Å². The van der Waals surface area contributed by atoms with Crippen molar-refractivity contribution >= 4 is 29.2 Å². The van der Waals surface area contributed by atoms with Crippen LogP contribution in [0.15, 0.2) is 60.7 Å². The molecule has 0 saturated carbocycles. The van der Waals surface area contributed by atoms with Crippen molar-refractivity contribution in [2.75, 3.05) is 11.9 Å². The fourth-order valence-corrected chi connectivity index (χ4v) is 2.92. The Kier molecular flexibility index (Phi) is 6.87. The zero-order chi connectivity index (χ0) is 24.3. The normalized spacial score (nSPS) is 11.1. The van der Waals surface area contributed by atoms with Gasteiger partial charge in [0.05, 0.1) is 10.6 Å². The molecule has 0 heterocycles. The molecule has 0 bridgehead atoms. The van der Waals surface area contributed by atoms with Gasteiger partial charge in [-0.05, 0) is 54.6 Å². The van der Waals surface area contributed by atoms with Crippen molar-refractivity contribution < 1.29 is 36.3 Å². The minimum absolute atomic E-state index is 0.0129. The average Bonchev–Trinajstić information content (AvgIpc) is 2.74. The van der Waals surface area contributed by atoms with Crippen molar-refractivity contribution in [3.63, 3.8) is 0 Å². The summed E-state index contributed by atoms with van der Waals surface area (Å²) in [5, 5.41) is 1.64. The van der Waals surface area contributed by atoms with Crippen LogP contribution in [0.1, 0.15) is 15.9 Å². The molecule has 0 saturated heterocycles. The molecule has 5 nitrogen and oxygen atoms in total. The van der Waals surface area contributed by atoms with Crippen LogP contribution in [-0.4, -0.2) is 19.0 Å². The second-order valence-electron chi connectivity index (χ2n) is 6.65. The summed E-state index contributed by atoms with van der Waals surface area (Å²) >= 11 is 5.86. The van der Waals surface area contributed by atoms with E-state index in [0.29, 0.717) is 0 Å². The van der Waals surface area contributed by atoms with E-state index in [9.17, 15) is 31.5 Å². The monoisotopic (exact) mass is 484 g/mol. The number of hydrogen-bond acceptors (Lipinski definition) is 3. The first kappa shape index (κ1) is 24.0. The van der Waals surface area contributed by atoms with Crippen molar-refractivity contribution in [1.29, 1.82) is 0 Å². The number of imide groups is 1. The molecular formula is C22H14ClF5N2O3. The van der Waals surface area contributed by atoms with Crippen molar-refractivity contribution in [2.45, 2.75) is 6.18 Å². The molecule has 3 aromatic rings. The van der Waals surface area contributed by atoms with E-state index in [1.54, 1.807) is 0 Å². The number of ether oxygens (including phenoxy) is 1. The maximum Gasteiger partial charge on any atom is 0.416 e. The Morgan fingerprint density at radius 3 is 2.12 bits per heavy atom. The molecule has 0 aliphatic heterocycles. The summed E-state index contributed by atoms with van der Waals surface area (Å²) < 4.78 is 71.1. The van der Waals surface area contributed by atoms with E-state index in [0.717, 1.165) is 41.3 Å². The van der Waals surface area contributed by atoms with E-state index in [-0.39, 0.29) is 22.2 Å². The molecule has 0 aromatic heterocycles. The Balaban J connectivity index is 1.68. The molecule has 0 atom stereocenters. The smallest absolute Gasteiger partial charge is 0.416 e. The van der Waals surface area contributed by atoms with Gasteiger partial charge >= 0.3 is 12.2 Å². The van der Waals surface area contributed by atoms with Crippen LogP contribution < -0.4 is 15.0 Å². The van der Waals surface area contributed by atoms with Crippen LogP contribution in [0.25, 0.3) is 0 Å². The summed E-state index contributed by atoms with van der Waals surface area (Å²) in [4.78, 5) is 25.4. The number of carbonyl (C=O) groups excluding carboxylic acids is 2. The largest absolute Gasteiger partial charge is 0.456 e. The van der Waals surface area contributed by atoms with E-state index in [2.05, 4.69) is 0 Å². The first-order chi connectivity index (χ1) is 15.5. The Labute approximate surface area is 189 Å². The average molecular weight is 485 g/mol. The van der Waals surface area contributed by atoms with Crippen LogP contribution in [0.5, 0.6) is 11.5 Å². The molecule has 0 spiro atoms. The SMILES string of the molecule is CN(C(=O)NC(=O)c1c(F)cccc1F)c1ccc(Oc2ccc(C(F)(F)F)cc2Cl)cc1. The maximum absolute atomic E-state index is 13.7. The van der Waals surface area contributed by atoms with Gasteiger partial charge in [0.25, 0.3) is 5.91 Å². The minimum Gasteiger partial charge on any atom is -0.456 e. The highest BCUT2D eigenvalue weighted by Crippen LogP contribution is 2.36. The highest BCUT2D eigenvalue weighted by molar-refractivity contribution is 6.32. The lowest BCUT2D eigenvalue weighted by Crippen LogP contribution is -2.41. The highest BCUT2D eigenvalue weighted by Gasteiger charge is 2.31. The molecule has 3 aromatic carbocycles. The van der Waals surface area contributed by atoms with E-state index in [4.69, 9.17) is 16.3 Å². The fraction of sp³-hybridized carbons (Fsp3) is 0.0909. The summed E-state index contributed by atoms with van der Waals surface area (Å²) in [6, 6.07) is 10.2. The van der Waals surface area contributed by atoms with Gasteiger partial charge in [0, 0.05) is 12.7 Å². The van der Waals surface area contributed by atoms with Gasteiger partial charge in [0.1, 0.15) is 28.7 Å². The lowest BCUT2D eigenvalue weighted by Gasteiger charge is -2.18. The number of benzene rings is 3. The van der Waals surface area contributed by atoms with Gasteiger partial charge < -0.3 is 4.74 Å². The lowest BCUT2D eigenvalue weighted by molar-refractivity contribution is -0.137. The molecule has 1 N–H and O–H groups in total. The number of hydrogen-bond donors (Lipinski definition) is 1. The highest BCUT2D eigenvalue weighted by atomic mass is 35.5. The van der Waals surface area contributed by atoms with Gasteiger partial charge in [-0.15, -0.1) is 0 Å². The van der Waals surface area contributed by atoms with Crippen LogP contribution in [0.3, 0.4) is 0 Å². The molecule has 0 aliphatic carbocycles. The topological polar surface area (TPSA) is 58.6 Å². The number of urea groups is 1.